The molecule has 0 saturated heterocycles. The first-order chi connectivity index (χ1) is 12.8. The third kappa shape index (κ3) is 4.33. The fraction of sp³-hybridized carbons (Fsp3) is 0.364. The number of amides is 2. The van der Waals surface area contributed by atoms with Crippen molar-refractivity contribution in [3.8, 4) is 0 Å². The van der Waals surface area contributed by atoms with Crippen LogP contribution in [0.2, 0.25) is 5.02 Å². The number of hydrogen-bond donors (Lipinski definition) is 2. The summed E-state index contributed by atoms with van der Waals surface area (Å²) in [7, 11) is 0. The molecule has 2 aromatic carbocycles. The molecule has 0 aliphatic heterocycles. The first-order valence-corrected chi connectivity index (χ1v) is 9.63. The predicted molar refractivity (Wildman–Crippen MR) is 110 cm³/mol. The van der Waals surface area contributed by atoms with Gasteiger partial charge in [-0.2, -0.15) is 0 Å². The molecular weight excluding hydrogens is 360 g/mol. The summed E-state index contributed by atoms with van der Waals surface area (Å²) in [4.78, 5) is 25.1. The van der Waals surface area contributed by atoms with Gasteiger partial charge in [-0.15, -0.1) is 0 Å². The van der Waals surface area contributed by atoms with Gasteiger partial charge in [0.25, 0.3) is 0 Å². The third-order valence-electron chi connectivity index (χ3n) is 5.08. The SMILES string of the molecule is Cc1ccc(NC(=O)C2CC2C(=O)Nc2c(C)cccc2C(C)C)cc1Cl. The molecule has 142 valence electrons. The van der Waals surface area contributed by atoms with Crippen LogP contribution in [0.4, 0.5) is 11.4 Å². The number of carbonyl (C=O) groups is 2. The minimum atomic E-state index is -0.295. The number of anilines is 2. The zero-order chi connectivity index (χ0) is 19.7. The number of nitrogens with one attached hydrogen (secondary N) is 2. The highest BCUT2D eigenvalue weighted by Gasteiger charge is 2.48. The van der Waals surface area contributed by atoms with Crippen molar-refractivity contribution in [3.63, 3.8) is 0 Å². The van der Waals surface area contributed by atoms with E-state index < -0.39 is 0 Å². The van der Waals surface area contributed by atoms with Crippen LogP contribution in [-0.4, -0.2) is 11.8 Å². The first kappa shape index (κ1) is 19.4. The van der Waals surface area contributed by atoms with Gasteiger partial charge in [-0.1, -0.05) is 49.7 Å². The highest BCUT2D eigenvalue weighted by Crippen LogP contribution is 2.41. The third-order valence-corrected chi connectivity index (χ3v) is 5.49. The molecule has 4 nitrogen and oxygen atoms in total. The van der Waals surface area contributed by atoms with Crippen LogP contribution in [-0.2, 0) is 9.59 Å². The number of halogens is 1. The van der Waals surface area contributed by atoms with E-state index in [2.05, 4.69) is 24.5 Å². The van der Waals surface area contributed by atoms with Crippen LogP contribution in [0, 0.1) is 25.7 Å². The lowest BCUT2D eigenvalue weighted by molar-refractivity contribution is -0.122. The normalized spacial score (nSPS) is 18.3. The van der Waals surface area contributed by atoms with E-state index in [1.165, 1.54) is 0 Å². The smallest absolute Gasteiger partial charge is 0.228 e. The van der Waals surface area contributed by atoms with Gasteiger partial charge in [-0.05, 0) is 55.0 Å². The molecule has 0 spiro atoms. The van der Waals surface area contributed by atoms with Gasteiger partial charge in [0.2, 0.25) is 11.8 Å². The van der Waals surface area contributed by atoms with Gasteiger partial charge < -0.3 is 10.6 Å². The van der Waals surface area contributed by atoms with Crippen molar-refractivity contribution < 1.29 is 9.59 Å². The maximum atomic E-state index is 12.7. The second-order valence-corrected chi connectivity index (χ2v) is 7.99. The Labute approximate surface area is 165 Å². The van der Waals surface area contributed by atoms with Crippen molar-refractivity contribution in [1.29, 1.82) is 0 Å². The average molecular weight is 385 g/mol. The van der Waals surface area contributed by atoms with Crippen molar-refractivity contribution >= 4 is 34.8 Å². The standard InChI is InChI=1S/C22H25ClN2O2/c1-12(2)16-7-5-6-14(4)20(16)25-22(27)18-11-17(18)21(26)24-15-9-8-13(3)19(23)10-15/h5-10,12,17-18H,11H2,1-4H3,(H,24,26)(H,25,27). The van der Waals surface area contributed by atoms with E-state index in [1.54, 1.807) is 6.07 Å². The van der Waals surface area contributed by atoms with E-state index in [4.69, 9.17) is 11.6 Å². The molecule has 5 heteroatoms. The molecule has 1 aliphatic carbocycles. The molecule has 2 atom stereocenters. The Morgan fingerprint density at radius 1 is 1.00 bits per heavy atom. The van der Waals surface area contributed by atoms with Crippen LogP contribution in [0.25, 0.3) is 0 Å². The molecule has 0 heterocycles. The molecular formula is C22H25ClN2O2. The maximum Gasteiger partial charge on any atom is 0.228 e. The quantitative estimate of drug-likeness (QED) is 0.735. The first-order valence-electron chi connectivity index (χ1n) is 9.25. The van der Waals surface area contributed by atoms with E-state index in [-0.39, 0.29) is 23.7 Å². The number of benzene rings is 2. The molecule has 1 aliphatic rings. The minimum absolute atomic E-state index is 0.0895. The van der Waals surface area contributed by atoms with E-state index in [1.807, 2.05) is 44.2 Å². The summed E-state index contributed by atoms with van der Waals surface area (Å²) >= 11 is 6.10. The predicted octanol–water partition coefficient (Wildman–Crippen LogP) is 5.29. The zero-order valence-electron chi connectivity index (χ0n) is 16.1. The van der Waals surface area contributed by atoms with Gasteiger partial charge in [0.1, 0.15) is 0 Å². The zero-order valence-corrected chi connectivity index (χ0v) is 16.9. The van der Waals surface area contributed by atoms with Gasteiger partial charge in [-0.3, -0.25) is 9.59 Å². The van der Waals surface area contributed by atoms with Gasteiger partial charge in [0.15, 0.2) is 0 Å². The summed E-state index contributed by atoms with van der Waals surface area (Å²) in [5.41, 5.74) is 4.62. The molecule has 3 rings (SSSR count). The van der Waals surface area contributed by atoms with Crippen LogP contribution >= 0.6 is 11.6 Å². The number of rotatable bonds is 5. The molecule has 27 heavy (non-hydrogen) atoms. The average Bonchev–Trinajstić information content (AvgIpc) is 3.40. The molecule has 2 aromatic rings. The highest BCUT2D eigenvalue weighted by molar-refractivity contribution is 6.31. The largest absolute Gasteiger partial charge is 0.326 e. The molecule has 1 saturated carbocycles. The Morgan fingerprint density at radius 3 is 2.30 bits per heavy atom. The summed E-state index contributed by atoms with van der Waals surface area (Å²) in [5, 5.41) is 6.52. The molecule has 0 bridgehead atoms. The Kier molecular flexibility index (Phi) is 5.56. The van der Waals surface area contributed by atoms with E-state index in [0.29, 0.717) is 23.0 Å². The number of carbonyl (C=O) groups excluding carboxylic acids is 2. The van der Waals surface area contributed by atoms with Gasteiger partial charge in [-0.25, -0.2) is 0 Å². The Hall–Kier alpha value is -2.33. The van der Waals surface area contributed by atoms with Gasteiger partial charge in [0, 0.05) is 16.4 Å². The maximum absolute atomic E-state index is 12.7. The summed E-state index contributed by atoms with van der Waals surface area (Å²) in [6, 6.07) is 11.4. The number of hydrogen-bond acceptors (Lipinski definition) is 2. The summed E-state index contributed by atoms with van der Waals surface area (Å²) in [5.74, 6) is -0.496. The lowest BCUT2D eigenvalue weighted by Gasteiger charge is -2.16. The Bertz CT molecular complexity index is 892. The van der Waals surface area contributed by atoms with E-state index >= 15 is 0 Å². The van der Waals surface area contributed by atoms with Crippen molar-refractivity contribution in [1.82, 2.24) is 0 Å². The fourth-order valence-corrected chi connectivity index (χ4v) is 3.42. The number of para-hydroxylation sites is 1. The van der Waals surface area contributed by atoms with Crippen molar-refractivity contribution in [2.24, 2.45) is 11.8 Å². The fourth-order valence-electron chi connectivity index (χ4n) is 3.24. The lowest BCUT2D eigenvalue weighted by Crippen LogP contribution is -2.21. The molecule has 0 radical (unpaired) electrons. The van der Waals surface area contributed by atoms with E-state index in [9.17, 15) is 9.59 Å². The molecule has 2 N–H and O–H groups in total. The van der Waals surface area contributed by atoms with Crippen molar-refractivity contribution in [3.05, 3.63) is 58.1 Å². The van der Waals surface area contributed by atoms with Crippen LogP contribution in [0.5, 0.6) is 0 Å². The highest BCUT2D eigenvalue weighted by atomic mass is 35.5. The van der Waals surface area contributed by atoms with Gasteiger partial charge in [0.05, 0.1) is 11.8 Å². The number of aryl methyl sites for hydroxylation is 2. The van der Waals surface area contributed by atoms with Crippen LogP contribution in [0.15, 0.2) is 36.4 Å². The van der Waals surface area contributed by atoms with E-state index in [0.717, 1.165) is 22.4 Å². The molecule has 2 unspecified atom stereocenters. The topological polar surface area (TPSA) is 58.2 Å². The Balaban J connectivity index is 1.64. The van der Waals surface area contributed by atoms with Crippen molar-refractivity contribution in [2.45, 2.75) is 40.0 Å². The van der Waals surface area contributed by atoms with Crippen LogP contribution in [0.1, 0.15) is 42.9 Å². The Morgan fingerprint density at radius 2 is 1.67 bits per heavy atom. The minimum Gasteiger partial charge on any atom is -0.326 e. The molecule has 0 aromatic heterocycles. The van der Waals surface area contributed by atoms with Crippen LogP contribution in [0.3, 0.4) is 0 Å². The van der Waals surface area contributed by atoms with Crippen LogP contribution < -0.4 is 10.6 Å². The monoisotopic (exact) mass is 384 g/mol. The second kappa shape index (κ2) is 7.73. The molecule has 1 fully saturated rings. The van der Waals surface area contributed by atoms with Gasteiger partial charge >= 0.3 is 0 Å². The van der Waals surface area contributed by atoms with Crippen molar-refractivity contribution in [2.75, 3.05) is 10.6 Å². The second-order valence-electron chi connectivity index (χ2n) is 7.58. The molecule has 2 amide bonds. The summed E-state index contributed by atoms with van der Waals surface area (Å²) in [6.45, 7) is 8.10. The summed E-state index contributed by atoms with van der Waals surface area (Å²) in [6.07, 6.45) is 0.570. The summed E-state index contributed by atoms with van der Waals surface area (Å²) < 4.78 is 0. The lowest BCUT2D eigenvalue weighted by atomic mass is 9.98.